The van der Waals surface area contributed by atoms with Crippen LogP contribution in [0.15, 0.2) is 12.3 Å². The molecule has 0 aliphatic heterocycles. The van der Waals surface area contributed by atoms with E-state index in [-0.39, 0.29) is 5.15 Å². The van der Waals surface area contributed by atoms with E-state index < -0.39 is 5.82 Å². The van der Waals surface area contributed by atoms with E-state index >= 15 is 0 Å². The third-order valence-corrected chi connectivity index (χ3v) is 1.87. The average molecular weight is 198 g/mol. The van der Waals surface area contributed by atoms with Gasteiger partial charge < -0.3 is 0 Å². The largest absolute Gasteiger partial charge is 0.233 e. The summed E-state index contributed by atoms with van der Waals surface area (Å²) < 4.78 is 12.7. The molecule has 0 radical (unpaired) electrons. The minimum absolute atomic E-state index is 0.231. The Morgan fingerprint density at radius 1 is 1.38 bits per heavy atom. The summed E-state index contributed by atoms with van der Waals surface area (Å²) >= 11 is 5.78. The highest BCUT2D eigenvalue weighted by molar-refractivity contribution is 6.33. The van der Waals surface area contributed by atoms with Crippen LogP contribution in [0.5, 0.6) is 0 Å². The summed E-state index contributed by atoms with van der Waals surface area (Å²) in [4.78, 5) is 11.7. The van der Waals surface area contributed by atoms with E-state index in [2.05, 4.69) is 15.0 Å². The minimum atomic E-state index is -0.443. The Bertz CT molecular complexity index is 472. The van der Waals surface area contributed by atoms with Crippen molar-refractivity contribution < 1.29 is 4.39 Å². The van der Waals surface area contributed by atoms with Gasteiger partial charge in [-0.05, 0) is 13.0 Å². The molecule has 0 atom stereocenters. The van der Waals surface area contributed by atoms with Crippen molar-refractivity contribution in [3.8, 4) is 0 Å². The highest BCUT2D eigenvalue weighted by atomic mass is 35.5. The first-order chi connectivity index (χ1) is 6.16. The molecule has 5 heteroatoms. The Morgan fingerprint density at radius 2 is 2.15 bits per heavy atom. The van der Waals surface area contributed by atoms with E-state index in [1.807, 2.05) is 0 Å². The van der Waals surface area contributed by atoms with E-state index in [0.717, 1.165) is 6.20 Å². The topological polar surface area (TPSA) is 38.7 Å². The summed E-state index contributed by atoms with van der Waals surface area (Å²) in [5.74, 6) is 0.0819. The van der Waals surface area contributed by atoms with Crippen molar-refractivity contribution in [3.05, 3.63) is 29.1 Å². The number of aromatic nitrogens is 3. The summed E-state index contributed by atoms with van der Waals surface area (Å²) in [6.45, 7) is 1.70. The molecule has 66 valence electrons. The minimum Gasteiger partial charge on any atom is -0.233 e. The molecule has 0 aliphatic carbocycles. The van der Waals surface area contributed by atoms with Gasteiger partial charge in [0.05, 0.1) is 11.6 Å². The number of nitrogens with zero attached hydrogens (tertiary/aromatic N) is 3. The lowest BCUT2D eigenvalue weighted by Gasteiger charge is -1.99. The molecule has 13 heavy (non-hydrogen) atoms. The number of hydrogen-bond acceptors (Lipinski definition) is 3. The Kier molecular flexibility index (Phi) is 1.84. The SMILES string of the molecule is Cc1nc(Cl)c2cc(F)cnc2n1. The first-order valence-corrected chi connectivity index (χ1v) is 4.00. The van der Waals surface area contributed by atoms with Crippen LogP contribution >= 0.6 is 11.6 Å². The van der Waals surface area contributed by atoms with Crippen molar-refractivity contribution >= 4 is 22.6 Å². The predicted molar refractivity (Wildman–Crippen MR) is 47.0 cm³/mol. The molecule has 0 amide bonds. The molecule has 2 heterocycles. The van der Waals surface area contributed by atoms with Crippen molar-refractivity contribution in [1.82, 2.24) is 15.0 Å². The van der Waals surface area contributed by atoms with Crippen LogP contribution in [0, 0.1) is 12.7 Å². The van der Waals surface area contributed by atoms with Crippen LogP contribution in [0.1, 0.15) is 5.82 Å². The highest BCUT2D eigenvalue weighted by Gasteiger charge is 2.05. The van der Waals surface area contributed by atoms with Gasteiger partial charge in [0.15, 0.2) is 5.65 Å². The summed E-state index contributed by atoms with van der Waals surface area (Å²) in [6.07, 6.45) is 1.10. The molecule has 0 saturated carbocycles. The molecule has 2 aromatic heterocycles. The summed E-state index contributed by atoms with van der Waals surface area (Å²) in [5, 5.41) is 0.668. The molecule has 0 fully saturated rings. The van der Waals surface area contributed by atoms with E-state index in [1.165, 1.54) is 6.07 Å². The molecule has 0 bridgehead atoms. The van der Waals surface area contributed by atoms with E-state index in [9.17, 15) is 4.39 Å². The number of aryl methyl sites for hydroxylation is 1. The molecule has 2 rings (SSSR count). The molecule has 3 nitrogen and oxygen atoms in total. The number of halogens is 2. The maximum atomic E-state index is 12.7. The van der Waals surface area contributed by atoms with Crippen molar-refractivity contribution in [1.29, 1.82) is 0 Å². The zero-order valence-electron chi connectivity index (χ0n) is 6.75. The fourth-order valence-corrected chi connectivity index (χ4v) is 1.31. The van der Waals surface area contributed by atoms with Gasteiger partial charge in [-0.2, -0.15) is 0 Å². The number of fused-ring (bicyclic) bond motifs is 1. The molecule has 0 aromatic carbocycles. The molecule has 2 aromatic rings. The first kappa shape index (κ1) is 8.31. The molecule has 0 N–H and O–H groups in total. The number of rotatable bonds is 0. The summed E-state index contributed by atoms with van der Waals surface area (Å²) in [6, 6.07) is 1.27. The second kappa shape index (κ2) is 2.88. The third-order valence-electron chi connectivity index (χ3n) is 1.58. The normalized spacial score (nSPS) is 10.7. The van der Waals surface area contributed by atoms with Gasteiger partial charge in [-0.25, -0.2) is 19.3 Å². The van der Waals surface area contributed by atoms with Gasteiger partial charge in [0, 0.05) is 0 Å². The van der Waals surface area contributed by atoms with Crippen LogP contribution < -0.4 is 0 Å². The van der Waals surface area contributed by atoms with Gasteiger partial charge in [0.1, 0.15) is 16.8 Å². The quantitative estimate of drug-likeness (QED) is 0.608. The first-order valence-electron chi connectivity index (χ1n) is 3.62. The van der Waals surface area contributed by atoms with Gasteiger partial charge in [-0.1, -0.05) is 11.6 Å². The fraction of sp³-hybridized carbons (Fsp3) is 0.125. The van der Waals surface area contributed by atoms with Gasteiger partial charge in [0.2, 0.25) is 0 Å². The molecule has 0 spiro atoms. The Balaban J connectivity index is 2.87. The van der Waals surface area contributed by atoms with Crippen molar-refractivity contribution in [2.45, 2.75) is 6.92 Å². The lowest BCUT2D eigenvalue weighted by Crippen LogP contribution is -1.93. The van der Waals surface area contributed by atoms with Crippen molar-refractivity contribution in [3.63, 3.8) is 0 Å². The maximum absolute atomic E-state index is 12.7. The molecule has 0 unspecified atom stereocenters. The van der Waals surface area contributed by atoms with Crippen LogP contribution in [-0.4, -0.2) is 15.0 Å². The second-order valence-electron chi connectivity index (χ2n) is 2.59. The van der Waals surface area contributed by atoms with Crippen molar-refractivity contribution in [2.75, 3.05) is 0 Å². The van der Waals surface area contributed by atoms with Gasteiger partial charge in [0.25, 0.3) is 0 Å². The van der Waals surface area contributed by atoms with Crippen LogP contribution in [-0.2, 0) is 0 Å². The molecular formula is C8H5ClFN3. The molecular weight excluding hydrogens is 193 g/mol. The third kappa shape index (κ3) is 1.45. The zero-order chi connectivity index (χ0) is 9.42. The van der Waals surface area contributed by atoms with Gasteiger partial charge in [-0.15, -0.1) is 0 Å². The van der Waals surface area contributed by atoms with E-state index in [4.69, 9.17) is 11.6 Å². The standard InChI is InChI=1S/C8H5ClFN3/c1-4-12-7(9)6-2-5(10)3-11-8(6)13-4/h2-3H,1H3. The summed E-state index contributed by atoms with van der Waals surface area (Å²) in [5.41, 5.74) is 0.416. The van der Waals surface area contributed by atoms with Crippen LogP contribution in [0.3, 0.4) is 0 Å². The summed E-state index contributed by atoms with van der Waals surface area (Å²) in [7, 11) is 0. The monoisotopic (exact) mass is 197 g/mol. The van der Waals surface area contributed by atoms with Gasteiger partial charge >= 0.3 is 0 Å². The second-order valence-corrected chi connectivity index (χ2v) is 2.94. The van der Waals surface area contributed by atoms with Crippen molar-refractivity contribution in [2.24, 2.45) is 0 Å². The van der Waals surface area contributed by atoms with E-state index in [1.54, 1.807) is 6.92 Å². The van der Waals surface area contributed by atoms with Crippen LogP contribution in [0.4, 0.5) is 4.39 Å². The fourth-order valence-electron chi connectivity index (χ4n) is 1.05. The number of hydrogen-bond donors (Lipinski definition) is 0. The van der Waals surface area contributed by atoms with Crippen LogP contribution in [0.2, 0.25) is 5.15 Å². The molecule has 0 aliphatic rings. The smallest absolute Gasteiger partial charge is 0.164 e. The Labute approximate surface area is 78.6 Å². The number of pyridine rings is 1. The zero-order valence-corrected chi connectivity index (χ0v) is 7.51. The highest BCUT2D eigenvalue weighted by Crippen LogP contribution is 2.18. The Hall–Kier alpha value is -1.29. The molecule has 0 saturated heterocycles. The predicted octanol–water partition coefficient (Wildman–Crippen LogP) is 2.13. The van der Waals surface area contributed by atoms with Crippen LogP contribution in [0.25, 0.3) is 11.0 Å². The average Bonchev–Trinajstić information content (AvgIpc) is 2.06. The van der Waals surface area contributed by atoms with E-state index in [0.29, 0.717) is 16.9 Å². The lowest BCUT2D eigenvalue weighted by atomic mass is 10.3. The maximum Gasteiger partial charge on any atom is 0.164 e. The van der Waals surface area contributed by atoms with Gasteiger partial charge in [-0.3, -0.25) is 0 Å². The lowest BCUT2D eigenvalue weighted by molar-refractivity contribution is 0.624. The Morgan fingerprint density at radius 3 is 2.92 bits per heavy atom.